The average Bonchev–Trinajstić information content (AvgIpc) is 2.93. The van der Waals surface area contributed by atoms with Crippen LogP contribution in [0.1, 0.15) is 45.9 Å². The van der Waals surface area contributed by atoms with Crippen LogP contribution in [0, 0.1) is 0 Å². The molecule has 2 aliphatic heterocycles. The molecule has 6 rings (SSSR count). The third-order valence-corrected chi connectivity index (χ3v) is 7.69. The van der Waals surface area contributed by atoms with Gasteiger partial charge < -0.3 is 60.5 Å². The van der Waals surface area contributed by atoms with Crippen molar-refractivity contribution in [2.24, 2.45) is 0 Å². The second kappa shape index (κ2) is 9.72. The molecule has 0 aromatic heterocycles. The van der Waals surface area contributed by atoms with E-state index < -0.39 is 64.8 Å². The number of benzene rings is 4. The first-order valence-electron chi connectivity index (χ1n) is 12.8. The second-order valence-electron chi connectivity index (χ2n) is 10.3. The van der Waals surface area contributed by atoms with Crippen LogP contribution in [0.3, 0.4) is 0 Å². The molecule has 218 valence electrons. The van der Waals surface area contributed by atoms with Crippen LogP contribution in [0.5, 0.6) is 57.5 Å². The van der Waals surface area contributed by atoms with Gasteiger partial charge in [-0.3, -0.25) is 0 Å². The van der Waals surface area contributed by atoms with Crippen LogP contribution in [-0.2, 0) is 6.42 Å². The SMILES string of the molecule is Oc1cc(O)c2c(c1)O[C@H](c1ccc(O)c(O)c1)[C@H](O)C2c1c(O)cc2c(c1O)C[C@@H](O)[C@@H](c1ccc(O)c(O)c1)O2. The first-order valence-corrected chi connectivity index (χ1v) is 12.8. The number of fused-ring (bicyclic) bond motifs is 2. The summed E-state index contributed by atoms with van der Waals surface area (Å²) in [4.78, 5) is 0. The summed E-state index contributed by atoms with van der Waals surface area (Å²) in [6, 6.07) is 11.0. The Morgan fingerprint density at radius 1 is 0.548 bits per heavy atom. The van der Waals surface area contributed by atoms with Gasteiger partial charge in [0.25, 0.3) is 0 Å². The molecule has 0 fully saturated rings. The number of aliphatic hydroxyl groups excluding tert-OH is 2. The highest BCUT2D eigenvalue weighted by molar-refractivity contribution is 5.65. The molecule has 2 heterocycles. The van der Waals surface area contributed by atoms with Gasteiger partial charge in [-0.1, -0.05) is 12.1 Å². The standard InChI is InChI=1S/C30H26O12/c31-13-7-19(36)24-23(8-13)42-30(12-2-4-16(33)18(35)6-12)28(40)26(24)25-20(37)10-22-14(27(25)39)9-21(38)29(41-22)11-1-3-15(32)17(34)5-11/h1-8,10,21,26,28-40H,9H2/t21-,26?,28-,29-,30-/m1/s1. The highest BCUT2D eigenvalue weighted by Crippen LogP contribution is 2.56. The Bertz CT molecular complexity index is 1720. The summed E-state index contributed by atoms with van der Waals surface area (Å²) in [6.07, 6.45) is -5.31. The van der Waals surface area contributed by atoms with Gasteiger partial charge in [0.1, 0.15) is 46.7 Å². The van der Waals surface area contributed by atoms with Gasteiger partial charge in [0.15, 0.2) is 29.1 Å². The quantitative estimate of drug-likeness (QED) is 0.159. The Balaban J connectivity index is 1.47. The molecular weight excluding hydrogens is 552 g/mol. The summed E-state index contributed by atoms with van der Waals surface area (Å²) in [5.41, 5.74) is 0.333. The van der Waals surface area contributed by atoms with E-state index in [1.807, 2.05) is 0 Å². The number of phenols is 8. The third-order valence-electron chi connectivity index (χ3n) is 7.69. The minimum atomic E-state index is -1.60. The van der Waals surface area contributed by atoms with Gasteiger partial charge >= 0.3 is 0 Å². The van der Waals surface area contributed by atoms with Crippen molar-refractivity contribution < 1.29 is 60.5 Å². The molecule has 42 heavy (non-hydrogen) atoms. The molecule has 0 spiro atoms. The lowest BCUT2D eigenvalue weighted by atomic mass is 9.77. The molecule has 0 aliphatic carbocycles. The van der Waals surface area contributed by atoms with Crippen LogP contribution in [0.4, 0.5) is 0 Å². The smallest absolute Gasteiger partial charge is 0.157 e. The van der Waals surface area contributed by atoms with Crippen LogP contribution in [0.2, 0.25) is 0 Å². The van der Waals surface area contributed by atoms with Crippen LogP contribution >= 0.6 is 0 Å². The van der Waals surface area contributed by atoms with E-state index in [-0.39, 0.29) is 51.7 Å². The fourth-order valence-electron chi connectivity index (χ4n) is 5.70. The Labute approximate surface area is 237 Å². The number of phenolic OH excluding ortho intramolecular Hbond substituents is 8. The lowest BCUT2D eigenvalue weighted by Crippen LogP contribution is -2.35. The van der Waals surface area contributed by atoms with Crippen molar-refractivity contribution >= 4 is 0 Å². The fraction of sp³-hybridized carbons (Fsp3) is 0.200. The molecule has 0 amide bonds. The van der Waals surface area contributed by atoms with Gasteiger partial charge in [-0.05, 0) is 35.4 Å². The highest BCUT2D eigenvalue weighted by Gasteiger charge is 2.45. The van der Waals surface area contributed by atoms with Crippen LogP contribution in [0.15, 0.2) is 54.6 Å². The largest absolute Gasteiger partial charge is 0.508 e. The predicted octanol–water partition coefficient (Wildman–Crippen LogP) is 3.00. The maximum Gasteiger partial charge on any atom is 0.157 e. The second-order valence-corrected chi connectivity index (χ2v) is 10.3. The molecule has 4 aromatic carbocycles. The van der Waals surface area contributed by atoms with E-state index >= 15 is 0 Å². The van der Waals surface area contributed by atoms with Gasteiger partial charge in [-0.15, -0.1) is 0 Å². The van der Waals surface area contributed by atoms with Gasteiger partial charge in [0.2, 0.25) is 0 Å². The molecule has 12 nitrogen and oxygen atoms in total. The van der Waals surface area contributed by atoms with Crippen molar-refractivity contribution in [2.45, 2.75) is 36.8 Å². The summed E-state index contributed by atoms with van der Waals surface area (Å²) >= 11 is 0. The Morgan fingerprint density at radius 2 is 1.12 bits per heavy atom. The average molecular weight is 579 g/mol. The van der Waals surface area contributed by atoms with Gasteiger partial charge in [-0.25, -0.2) is 0 Å². The Morgan fingerprint density at radius 3 is 1.74 bits per heavy atom. The predicted molar refractivity (Wildman–Crippen MR) is 143 cm³/mol. The summed E-state index contributed by atoms with van der Waals surface area (Å²) in [6.45, 7) is 0. The number of hydrogen-bond donors (Lipinski definition) is 10. The molecular formula is C30H26O12. The Hall–Kier alpha value is -5.20. The summed E-state index contributed by atoms with van der Waals surface area (Å²) in [7, 11) is 0. The molecule has 12 heteroatoms. The summed E-state index contributed by atoms with van der Waals surface area (Å²) in [5, 5.41) is 105. The number of rotatable bonds is 3. The van der Waals surface area contributed by atoms with E-state index in [4.69, 9.17) is 9.47 Å². The van der Waals surface area contributed by atoms with Crippen LogP contribution in [-0.4, -0.2) is 63.3 Å². The van der Waals surface area contributed by atoms with Gasteiger partial charge in [0, 0.05) is 41.3 Å². The van der Waals surface area contributed by atoms with E-state index in [9.17, 15) is 51.1 Å². The van der Waals surface area contributed by atoms with Crippen molar-refractivity contribution in [2.75, 3.05) is 0 Å². The lowest BCUT2D eigenvalue weighted by Gasteiger charge is -2.39. The van der Waals surface area contributed by atoms with E-state index in [1.165, 1.54) is 42.5 Å². The number of hydrogen-bond acceptors (Lipinski definition) is 12. The normalized spacial score (nSPS) is 22.9. The van der Waals surface area contributed by atoms with Crippen molar-refractivity contribution in [3.63, 3.8) is 0 Å². The van der Waals surface area contributed by atoms with Crippen molar-refractivity contribution in [3.05, 3.63) is 82.4 Å². The highest BCUT2D eigenvalue weighted by atomic mass is 16.5. The molecule has 0 saturated carbocycles. The van der Waals surface area contributed by atoms with Crippen LogP contribution in [0.25, 0.3) is 0 Å². The Kier molecular flexibility index (Phi) is 6.24. The molecule has 5 atom stereocenters. The summed E-state index contributed by atoms with van der Waals surface area (Å²) < 4.78 is 11.8. The maximum absolute atomic E-state index is 11.6. The molecule has 1 unspecified atom stereocenters. The number of aromatic hydroxyl groups is 8. The maximum atomic E-state index is 11.6. The molecule has 0 saturated heterocycles. The van der Waals surface area contributed by atoms with E-state index in [1.54, 1.807) is 0 Å². The first-order chi connectivity index (χ1) is 19.9. The van der Waals surface area contributed by atoms with E-state index in [0.717, 1.165) is 12.1 Å². The molecule has 2 aliphatic rings. The van der Waals surface area contributed by atoms with Crippen LogP contribution < -0.4 is 9.47 Å². The zero-order valence-corrected chi connectivity index (χ0v) is 21.6. The monoisotopic (exact) mass is 578 g/mol. The van der Waals surface area contributed by atoms with Crippen molar-refractivity contribution in [1.82, 2.24) is 0 Å². The lowest BCUT2D eigenvalue weighted by molar-refractivity contribution is 0.00573. The summed E-state index contributed by atoms with van der Waals surface area (Å²) in [5.74, 6) is -5.07. The topological polar surface area (TPSA) is 221 Å². The molecule has 4 aromatic rings. The first kappa shape index (κ1) is 27.0. The van der Waals surface area contributed by atoms with E-state index in [2.05, 4.69) is 0 Å². The fourth-order valence-corrected chi connectivity index (χ4v) is 5.70. The van der Waals surface area contributed by atoms with Crippen molar-refractivity contribution in [1.29, 1.82) is 0 Å². The zero-order chi connectivity index (χ0) is 30.0. The minimum Gasteiger partial charge on any atom is -0.508 e. The number of aliphatic hydroxyl groups is 2. The van der Waals surface area contributed by atoms with E-state index in [0.29, 0.717) is 5.56 Å². The molecule has 10 N–H and O–H groups in total. The minimum absolute atomic E-state index is 0.00771. The number of ether oxygens (including phenoxy) is 2. The van der Waals surface area contributed by atoms with Gasteiger partial charge in [0.05, 0.1) is 12.0 Å². The molecule has 0 bridgehead atoms. The van der Waals surface area contributed by atoms with Crippen molar-refractivity contribution in [3.8, 4) is 57.5 Å². The molecule has 0 radical (unpaired) electrons. The third kappa shape index (κ3) is 4.24. The zero-order valence-electron chi connectivity index (χ0n) is 21.6. The van der Waals surface area contributed by atoms with Gasteiger partial charge in [-0.2, -0.15) is 0 Å².